The number of nitrogens with one attached hydrogen (secondary N) is 1. The molecule has 0 saturated heterocycles. The minimum atomic E-state index is -0.492. The van der Waals surface area contributed by atoms with Crippen molar-refractivity contribution < 1.29 is 9.18 Å². The predicted molar refractivity (Wildman–Crippen MR) is 76.5 cm³/mol. The molecule has 1 saturated carbocycles. The van der Waals surface area contributed by atoms with E-state index in [1.807, 2.05) is 0 Å². The maximum atomic E-state index is 13.6. The van der Waals surface area contributed by atoms with Crippen LogP contribution in [0.4, 0.5) is 4.39 Å². The average molecular weight is 332 g/mol. The minimum Gasteiger partial charge on any atom is -0.351 e. The molecule has 98 valence electrons. The first kappa shape index (κ1) is 13.9. The van der Waals surface area contributed by atoms with Crippen molar-refractivity contribution in [3.63, 3.8) is 0 Å². The van der Waals surface area contributed by atoms with E-state index in [4.69, 9.17) is 0 Å². The highest BCUT2D eigenvalue weighted by atomic mass is 79.9. The van der Waals surface area contributed by atoms with E-state index in [9.17, 15) is 9.18 Å². The Balaban J connectivity index is 2.04. The smallest absolute Gasteiger partial charge is 0.255 e. The van der Waals surface area contributed by atoms with Crippen LogP contribution in [0, 0.1) is 5.82 Å². The molecule has 1 fully saturated rings. The molecule has 0 unspecified atom stereocenters. The Morgan fingerprint density at radius 3 is 2.78 bits per heavy atom. The van der Waals surface area contributed by atoms with Crippen molar-refractivity contribution in [2.75, 3.05) is 12.8 Å². The quantitative estimate of drug-likeness (QED) is 0.913. The Labute approximate surface area is 119 Å². The molecule has 2 nitrogen and oxygen atoms in total. The van der Waals surface area contributed by atoms with Crippen LogP contribution in [0.15, 0.2) is 22.7 Å². The van der Waals surface area contributed by atoms with E-state index in [2.05, 4.69) is 27.5 Å². The Hall–Kier alpha value is -0.550. The van der Waals surface area contributed by atoms with Gasteiger partial charge >= 0.3 is 0 Å². The third-order valence-electron chi connectivity index (χ3n) is 3.46. The topological polar surface area (TPSA) is 29.1 Å². The summed E-state index contributed by atoms with van der Waals surface area (Å²) in [5.74, 6) is -0.839. The zero-order valence-corrected chi connectivity index (χ0v) is 12.5. The highest BCUT2D eigenvalue weighted by molar-refractivity contribution is 9.10. The van der Waals surface area contributed by atoms with Gasteiger partial charge in [-0.1, -0.05) is 12.5 Å². The van der Waals surface area contributed by atoms with Gasteiger partial charge in [0.1, 0.15) is 5.82 Å². The molecule has 18 heavy (non-hydrogen) atoms. The second kappa shape index (κ2) is 5.61. The van der Waals surface area contributed by atoms with Crippen molar-refractivity contribution in [2.45, 2.75) is 24.0 Å². The maximum Gasteiger partial charge on any atom is 0.255 e. The van der Waals surface area contributed by atoms with Crippen molar-refractivity contribution in [3.05, 3.63) is 34.1 Å². The number of carbonyl (C=O) groups excluding carboxylic acids is 1. The molecule has 0 radical (unpaired) electrons. The van der Waals surface area contributed by atoms with Gasteiger partial charge in [-0.25, -0.2) is 4.39 Å². The Kier molecular flexibility index (Phi) is 4.33. The standard InChI is InChI=1S/C13H15BrFNOS/c1-18-13(6-3-7-13)8-16-12(17)11-9(14)4-2-5-10(11)15/h2,4-5H,3,6-8H2,1H3,(H,16,17). The number of thioether (sulfide) groups is 1. The zero-order valence-electron chi connectivity index (χ0n) is 10.1. The van der Waals surface area contributed by atoms with E-state index < -0.39 is 5.82 Å². The zero-order chi connectivity index (χ0) is 13.2. The molecule has 0 bridgehead atoms. The van der Waals surface area contributed by atoms with E-state index in [0.717, 1.165) is 12.8 Å². The summed E-state index contributed by atoms with van der Waals surface area (Å²) in [6.07, 6.45) is 5.50. The number of rotatable bonds is 4. The second-order valence-electron chi connectivity index (χ2n) is 4.52. The molecular formula is C13H15BrFNOS. The molecule has 2 rings (SSSR count). The molecule has 1 aromatic rings. The van der Waals surface area contributed by atoms with Gasteiger partial charge < -0.3 is 5.32 Å². The van der Waals surface area contributed by atoms with Crippen LogP contribution in [0.2, 0.25) is 0 Å². The summed E-state index contributed by atoms with van der Waals surface area (Å²) in [5.41, 5.74) is 0.0908. The van der Waals surface area contributed by atoms with Crippen LogP contribution >= 0.6 is 27.7 Å². The number of hydrogen-bond acceptors (Lipinski definition) is 2. The maximum absolute atomic E-state index is 13.6. The van der Waals surface area contributed by atoms with E-state index in [0.29, 0.717) is 11.0 Å². The summed E-state index contributed by atoms with van der Waals surface area (Å²) >= 11 is 4.99. The fourth-order valence-electron chi connectivity index (χ4n) is 2.07. The number of hydrogen-bond donors (Lipinski definition) is 1. The minimum absolute atomic E-state index is 0.0908. The summed E-state index contributed by atoms with van der Waals surface area (Å²) in [4.78, 5) is 12.0. The average Bonchev–Trinajstić information content (AvgIpc) is 2.28. The summed E-state index contributed by atoms with van der Waals surface area (Å²) < 4.78 is 14.3. The molecule has 0 atom stereocenters. The van der Waals surface area contributed by atoms with E-state index in [1.54, 1.807) is 23.9 Å². The Bertz CT molecular complexity index is 437. The molecule has 1 aliphatic rings. The van der Waals surface area contributed by atoms with Crippen LogP contribution in [0.25, 0.3) is 0 Å². The van der Waals surface area contributed by atoms with Gasteiger partial charge in [0.15, 0.2) is 0 Å². The highest BCUT2D eigenvalue weighted by Crippen LogP contribution is 2.42. The first-order chi connectivity index (χ1) is 8.58. The van der Waals surface area contributed by atoms with Gasteiger partial charge in [-0.05, 0) is 47.2 Å². The molecular weight excluding hydrogens is 317 g/mol. The fraction of sp³-hybridized carbons (Fsp3) is 0.462. The van der Waals surface area contributed by atoms with Crippen LogP contribution in [-0.4, -0.2) is 23.5 Å². The van der Waals surface area contributed by atoms with E-state index in [-0.39, 0.29) is 16.2 Å². The van der Waals surface area contributed by atoms with Gasteiger partial charge in [0.05, 0.1) is 5.56 Å². The van der Waals surface area contributed by atoms with Crippen molar-refractivity contribution in [1.82, 2.24) is 5.32 Å². The first-order valence-corrected chi connectivity index (χ1v) is 7.87. The predicted octanol–water partition coefficient (Wildman–Crippen LogP) is 3.60. The van der Waals surface area contributed by atoms with E-state index in [1.165, 1.54) is 12.5 Å². The van der Waals surface area contributed by atoms with Crippen molar-refractivity contribution >= 4 is 33.6 Å². The van der Waals surface area contributed by atoms with Crippen LogP contribution in [-0.2, 0) is 0 Å². The molecule has 0 aromatic heterocycles. The number of halogens is 2. The number of amides is 1. The molecule has 0 aliphatic heterocycles. The molecule has 0 spiro atoms. The normalized spacial score (nSPS) is 17.1. The fourth-order valence-corrected chi connectivity index (χ4v) is 3.50. The van der Waals surface area contributed by atoms with Crippen molar-refractivity contribution in [1.29, 1.82) is 0 Å². The molecule has 5 heteroatoms. The SMILES string of the molecule is CSC1(CNC(=O)c2c(F)cccc2Br)CCC1. The molecule has 1 aliphatic carbocycles. The van der Waals surface area contributed by atoms with Crippen molar-refractivity contribution in [3.8, 4) is 0 Å². The lowest BCUT2D eigenvalue weighted by atomic mass is 9.84. The van der Waals surface area contributed by atoms with Gasteiger partial charge in [-0.15, -0.1) is 0 Å². The van der Waals surface area contributed by atoms with Crippen LogP contribution in [0.1, 0.15) is 29.6 Å². The van der Waals surface area contributed by atoms with Crippen LogP contribution in [0.5, 0.6) is 0 Å². The van der Waals surface area contributed by atoms with Crippen LogP contribution in [0.3, 0.4) is 0 Å². The highest BCUT2D eigenvalue weighted by Gasteiger charge is 2.36. The molecule has 1 aromatic carbocycles. The Morgan fingerprint density at radius 2 is 2.28 bits per heavy atom. The molecule has 1 N–H and O–H groups in total. The molecule has 1 amide bonds. The van der Waals surface area contributed by atoms with E-state index >= 15 is 0 Å². The van der Waals surface area contributed by atoms with Crippen molar-refractivity contribution in [2.24, 2.45) is 0 Å². The van der Waals surface area contributed by atoms with Gasteiger partial charge in [-0.2, -0.15) is 11.8 Å². The first-order valence-electron chi connectivity index (χ1n) is 5.85. The van der Waals surface area contributed by atoms with Gasteiger partial charge in [0, 0.05) is 15.8 Å². The monoisotopic (exact) mass is 331 g/mol. The van der Waals surface area contributed by atoms with Gasteiger partial charge in [0.25, 0.3) is 5.91 Å². The van der Waals surface area contributed by atoms with Crippen LogP contribution < -0.4 is 5.32 Å². The second-order valence-corrected chi connectivity index (χ2v) is 6.65. The number of benzene rings is 1. The number of carbonyl (C=O) groups is 1. The summed E-state index contributed by atoms with van der Waals surface area (Å²) in [7, 11) is 0. The third-order valence-corrected chi connectivity index (χ3v) is 5.54. The molecule has 0 heterocycles. The summed E-state index contributed by atoms with van der Waals surface area (Å²) in [6.45, 7) is 0.605. The lowest BCUT2D eigenvalue weighted by molar-refractivity contribution is 0.0939. The third kappa shape index (κ3) is 2.72. The largest absolute Gasteiger partial charge is 0.351 e. The van der Waals surface area contributed by atoms with Gasteiger partial charge in [-0.3, -0.25) is 4.79 Å². The summed E-state index contributed by atoms with van der Waals surface area (Å²) in [6, 6.07) is 4.55. The lowest BCUT2D eigenvalue weighted by Crippen LogP contribution is -2.45. The lowest BCUT2D eigenvalue weighted by Gasteiger charge is -2.40. The summed E-state index contributed by atoms with van der Waals surface area (Å²) in [5, 5.41) is 2.84. The van der Waals surface area contributed by atoms with Gasteiger partial charge in [0.2, 0.25) is 0 Å². The Morgan fingerprint density at radius 1 is 1.56 bits per heavy atom.